The molecule has 40 heavy (non-hydrogen) atoms. The van der Waals surface area contributed by atoms with Crippen LogP contribution < -0.4 is 0 Å². The average molecular weight is 706 g/mol. The second kappa shape index (κ2) is 13.2. The molecule has 4 aromatic rings. The van der Waals surface area contributed by atoms with Crippen molar-refractivity contribution in [3.63, 3.8) is 0 Å². The van der Waals surface area contributed by atoms with E-state index in [1.54, 1.807) is 24.3 Å². The zero-order valence-corrected chi connectivity index (χ0v) is 26.2. The largest absolute Gasteiger partial charge is 2.00 e. The first-order valence-electron chi connectivity index (χ1n) is 13.4. The van der Waals surface area contributed by atoms with Crippen LogP contribution in [0.25, 0.3) is 27.4 Å². The summed E-state index contributed by atoms with van der Waals surface area (Å²) in [6.07, 6.45) is 1.84. The molecular formula is C35H34N4Pt. The maximum Gasteiger partial charge on any atom is 2.00 e. The van der Waals surface area contributed by atoms with Crippen molar-refractivity contribution in [2.75, 3.05) is 0 Å². The molecular weight excluding hydrogens is 671 g/mol. The van der Waals surface area contributed by atoms with Gasteiger partial charge in [-0.05, 0) is 67.6 Å². The van der Waals surface area contributed by atoms with E-state index in [0.717, 1.165) is 46.7 Å². The molecule has 0 radical (unpaired) electrons. The van der Waals surface area contributed by atoms with Gasteiger partial charge in [0.2, 0.25) is 0 Å². The maximum absolute atomic E-state index is 9.44. The van der Waals surface area contributed by atoms with Gasteiger partial charge in [-0.3, -0.25) is 4.85 Å². The van der Waals surface area contributed by atoms with Gasteiger partial charge < -0.3 is 9.97 Å². The van der Waals surface area contributed by atoms with Gasteiger partial charge >= 0.3 is 21.1 Å². The standard InChI is InChI=1S/C35H34N4.Pt/c1-23(2)14-26-17-31(28-11-8-10-25(16-28)22-36)38-33(19-26)35(5,6)34-20-27(15-24(3)4)18-32(39-34)29-12-9-13-30(21-29)37-7;/h8-10,13,16-21,23-24H,14-15H2,1-6H3;/q-2;+2. The van der Waals surface area contributed by atoms with E-state index in [1.807, 2.05) is 12.1 Å². The SMILES string of the molecule is [C-]#[N+]c1cc[c-]c(-c2cc(CC(C)C)cc(C(C)(C)c3cc(CC(C)C)cc(-c4[c-]ccc(C#N)c4)n3)n2)c1.[Pt+2]. The van der Waals surface area contributed by atoms with E-state index >= 15 is 0 Å². The fourth-order valence-corrected chi connectivity index (χ4v) is 4.76. The molecule has 4 rings (SSSR count). The molecule has 0 aliphatic heterocycles. The number of nitriles is 1. The van der Waals surface area contributed by atoms with E-state index in [1.165, 1.54) is 11.1 Å². The second-order valence-electron chi connectivity index (χ2n) is 11.5. The van der Waals surface area contributed by atoms with Crippen LogP contribution in [0.5, 0.6) is 0 Å². The fourth-order valence-electron chi connectivity index (χ4n) is 4.76. The van der Waals surface area contributed by atoms with Crippen molar-refractivity contribution in [2.24, 2.45) is 11.8 Å². The molecule has 0 aliphatic rings. The number of pyridine rings is 2. The number of nitrogens with zero attached hydrogens (tertiary/aromatic N) is 4. The molecule has 2 heterocycles. The van der Waals surface area contributed by atoms with Crippen molar-refractivity contribution in [1.82, 2.24) is 9.97 Å². The van der Waals surface area contributed by atoms with Gasteiger partial charge in [0.25, 0.3) is 0 Å². The van der Waals surface area contributed by atoms with Gasteiger partial charge in [-0.15, -0.1) is 53.6 Å². The molecule has 0 amide bonds. The molecule has 0 saturated heterocycles. The molecule has 0 saturated carbocycles. The third-order valence-corrected chi connectivity index (χ3v) is 6.74. The Morgan fingerprint density at radius 1 is 0.825 bits per heavy atom. The summed E-state index contributed by atoms with van der Waals surface area (Å²) in [5.41, 5.74) is 8.15. The first-order valence-corrected chi connectivity index (χ1v) is 13.4. The molecule has 0 aliphatic carbocycles. The monoisotopic (exact) mass is 705 g/mol. The Labute approximate surface area is 253 Å². The number of aromatic nitrogens is 2. The quantitative estimate of drug-likeness (QED) is 0.173. The molecule has 0 unspecified atom stereocenters. The van der Waals surface area contributed by atoms with Gasteiger partial charge in [-0.1, -0.05) is 51.0 Å². The van der Waals surface area contributed by atoms with Crippen LogP contribution in [0.1, 0.15) is 69.6 Å². The molecule has 204 valence electrons. The van der Waals surface area contributed by atoms with Gasteiger partial charge in [-0.25, -0.2) is 0 Å². The van der Waals surface area contributed by atoms with Crippen molar-refractivity contribution in [2.45, 2.75) is 59.8 Å². The normalized spacial score (nSPS) is 11.2. The molecule has 0 fully saturated rings. The zero-order valence-electron chi connectivity index (χ0n) is 23.9. The minimum Gasteiger partial charge on any atom is -0.300 e. The molecule has 4 nitrogen and oxygen atoms in total. The molecule has 0 N–H and O–H groups in total. The predicted octanol–water partition coefficient (Wildman–Crippen LogP) is 8.55. The summed E-state index contributed by atoms with van der Waals surface area (Å²) in [6.45, 7) is 20.6. The van der Waals surface area contributed by atoms with E-state index in [2.05, 4.69) is 88.9 Å². The number of rotatable bonds is 8. The van der Waals surface area contributed by atoms with Gasteiger partial charge in [0.1, 0.15) is 5.69 Å². The van der Waals surface area contributed by atoms with Crippen LogP contribution >= 0.6 is 0 Å². The Morgan fingerprint density at radius 3 is 1.80 bits per heavy atom. The minimum absolute atomic E-state index is 0. The first-order chi connectivity index (χ1) is 18.6. The summed E-state index contributed by atoms with van der Waals surface area (Å²) >= 11 is 0. The Morgan fingerprint density at radius 2 is 1.32 bits per heavy atom. The van der Waals surface area contributed by atoms with Crippen molar-refractivity contribution >= 4 is 5.69 Å². The van der Waals surface area contributed by atoms with Crippen LogP contribution in [-0.2, 0) is 39.3 Å². The Balaban J connectivity index is 0.00000441. The van der Waals surface area contributed by atoms with Crippen molar-refractivity contribution in [3.8, 4) is 28.6 Å². The Bertz CT molecular complexity index is 1450. The summed E-state index contributed by atoms with van der Waals surface area (Å²) in [5, 5.41) is 9.44. The number of hydrogen-bond donors (Lipinski definition) is 0. The van der Waals surface area contributed by atoms with Crippen LogP contribution in [0.15, 0.2) is 60.7 Å². The summed E-state index contributed by atoms with van der Waals surface area (Å²) in [5.74, 6) is 0.965. The van der Waals surface area contributed by atoms with Crippen molar-refractivity contribution < 1.29 is 21.1 Å². The summed E-state index contributed by atoms with van der Waals surface area (Å²) in [4.78, 5) is 13.9. The van der Waals surface area contributed by atoms with Gasteiger partial charge in [0, 0.05) is 16.8 Å². The van der Waals surface area contributed by atoms with Crippen molar-refractivity contribution in [1.29, 1.82) is 5.26 Å². The summed E-state index contributed by atoms with van der Waals surface area (Å²) in [7, 11) is 0. The Kier molecular flexibility index (Phi) is 10.2. The van der Waals surface area contributed by atoms with Gasteiger partial charge in [0.15, 0.2) is 0 Å². The topological polar surface area (TPSA) is 53.9 Å². The third-order valence-electron chi connectivity index (χ3n) is 6.74. The summed E-state index contributed by atoms with van der Waals surface area (Å²) < 4.78 is 0. The predicted molar refractivity (Wildman–Crippen MR) is 157 cm³/mol. The molecule has 2 aromatic heterocycles. The van der Waals surface area contributed by atoms with Crippen LogP contribution in [0.2, 0.25) is 0 Å². The van der Waals surface area contributed by atoms with E-state index in [4.69, 9.17) is 16.5 Å². The Hall–Kier alpha value is -3.59. The van der Waals surface area contributed by atoms with E-state index in [-0.39, 0.29) is 21.1 Å². The van der Waals surface area contributed by atoms with E-state index < -0.39 is 5.41 Å². The zero-order chi connectivity index (χ0) is 28.2. The maximum atomic E-state index is 9.44. The van der Waals surface area contributed by atoms with E-state index in [9.17, 15) is 5.26 Å². The minimum atomic E-state index is -0.506. The average Bonchev–Trinajstić information content (AvgIpc) is 2.92. The van der Waals surface area contributed by atoms with E-state index in [0.29, 0.717) is 23.1 Å². The second-order valence-corrected chi connectivity index (χ2v) is 11.5. The molecule has 2 aromatic carbocycles. The number of hydrogen-bond acceptors (Lipinski definition) is 3. The number of benzene rings is 2. The van der Waals surface area contributed by atoms with Crippen LogP contribution in [0, 0.1) is 41.9 Å². The van der Waals surface area contributed by atoms with Crippen LogP contribution in [0.3, 0.4) is 0 Å². The van der Waals surface area contributed by atoms with Crippen molar-refractivity contribution in [3.05, 3.63) is 112 Å². The molecule has 0 atom stereocenters. The first kappa shape index (κ1) is 30.9. The molecule has 0 bridgehead atoms. The molecule has 0 spiro atoms. The summed E-state index contributed by atoms with van der Waals surface area (Å²) in [6, 6.07) is 28.2. The van der Waals surface area contributed by atoms with Crippen LogP contribution in [-0.4, -0.2) is 9.97 Å². The molecule has 5 heteroatoms. The van der Waals surface area contributed by atoms with Gasteiger partial charge in [-0.2, -0.15) is 11.3 Å². The van der Waals surface area contributed by atoms with Crippen LogP contribution in [0.4, 0.5) is 5.69 Å². The third kappa shape index (κ3) is 7.32. The fraction of sp³-hybridized carbons (Fsp3) is 0.314. The van der Waals surface area contributed by atoms with Gasteiger partial charge in [0.05, 0.1) is 12.6 Å². The smallest absolute Gasteiger partial charge is 0.300 e.